The van der Waals surface area contributed by atoms with Crippen LogP contribution in [0, 0.1) is 11.7 Å². The van der Waals surface area contributed by atoms with E-state index in [1.165, 1.54) is 12.1 Å². The normalized spacial score (nSPS) is 15.4. The highest BCUT2D eigenvalue weighted by atomic mass is 19.1. The van der Waals surface area contributed by atoms with Gasteiger partial charge in [-0.2, -0.15) is 4.98 Å². The van der Waals surface area contributed by atoms with E-state index in [0.717, 1.165) is 44.6 Å². The number of hydrogen-bond acceptors (Lipinski definition) is 8. The Morgan fingerprint density at radius 1 is 1.26 bits per heavy atom. The summed E-state index contributed by atoms with van der Waals surface area (Å²) in [4.78, 5) is 30.1. The zero-order chi connectivity index (χ0) is 27.9. The van der Waals surface area contributed by atoms with Gasteiger partial charge < -0.3 is 29.3 Å². The molecule has 2 aromatic rings. The van der Waals surface area contributed by atoms with Gasteiger partial charge in [-0.05, 0) is 64.0 Å². The molecular weight excluding hydrogens is 495 g/mol. The molecule has 38 heavy (non-hydrogen) atoms. The first-order valence-electron chi connectivity index (χ1n) is 13.1. The minimum Gasteiger partial charge on any atom is -0.493 e. The molecule has 210 valence electrons. The summed E-state index contributed by atoms with van der Waals surface area (Å²) in [7, 11) is 0. The predicted molar refractivity (Wildman–Crippen MR) is 139 cm³/mol. The van der Waals surface area contributed by atoms with Gasteiger partial charge >= 0.3 is 18.1 Å². The van der Waals surface area contributed by atoms with Crippen LogP contribution in [-0.2, 0) is 16.0 Å². The van der Waals surface area contributed by atoms with Gasteiger partial charge in [0.15, 0.2) is 5.82 Å². The molecule has 1 aromatic carbocycles. The van der Waals surface area contributed by atoms with E-state index in [0.29, 0.717) is 24.3 Å². The van der Waals surface area contributed by atoms with Crippen molar-refractivity contribution in [2.24, 2.45) is 5.92 Å². The molecule has 1 aliphatic rings. The smallest absolute Gasteiger partial charge is 0.408 e. The topological polar surface area (TPSA) is 127 Å². The maximum Gasteiger partial charge on any atom is 0.408 e. The van der Waals surface area contributed by atoms with E-state index in [1.54, 1.807) is 26.8 Å². The number of benzene rings is 1. The van der Waals surface area contributed by atoms with Crippen molar-refractivity contribution in [3.8, 4) is 5.75 Å². The molecule has 11 heteroatoms. The second-order valence-corrected chi connectivity index (χ2v) is 11.0. The number of anilines is 1. The lowest BCUT2D eigenvalue weighted by molar-refractivity contribution is -0.139. The van der Waals surface area contributed by atoms with Crippen molar-refractivity contribution in [1.29, 1.82) is 0 Å². The molecule has 1 amide bonds. The van der Waals surface area contributed by atoms with E-state index in [9.17, 15) is 19.1 Å². The van der Waals surface area contributed by atoms with Crippen molar-refractivity contribution in [2.75, 3.05) is 24.6 Å². The van der Waals surface area contributed by atoms with Gasteiger partial charge in [-0.1, -0.05) is 25.1 Å². The predicted octanol–water partition coefficient (Wildman–Crippen LogP) is 4.93. The summed E-state index contributed by atoms with van der Waals surface area (Å²) in [5.74, 6) is 0.0466. The van der Waals surface area contributed by atoms with E-state index in [2.05, 4.69) is 20.4 Å². The molecule has 1 fully saturated rings. The molecule has 0 spiro atoms. The number of alkyl carbamates (subject to hydrolysis) is 1. The number of carbonyl (C=O) groups is 2. The number of carboxylic acids is 1. The molecule has 2 N–H and O–H groups in total. The number of nitrogens with one attached hydrogen (secondary N) is 1. The molecule has 0 bridgehead atoms. The molecule has 1 aromatic heterocycles. The number of rotatable bonds is 11. The van der Waals surface area contributed by atoms with Crippen LogP contribution >= 0.6 is 0 Å². The van der Waals surface area contributed by atoms with Crippen molar-refractivity contribution in [2.45, 2.75) is 84.3 Å². The zero-order valence-electron chi connectivity index (χ0n) is 22.8. The summed E-state index contributed by atoms with van der Waals surface area (Å²) in [5.41, 5.74) is -0.615. The molecular formula is C27H39FN4O6. The number of carbonyl (C=O) groups excluding carboxylic acids is 1. The molecule has 1 aliphatic heterocycles. The Morgan fingerprint density at radius 2 is 1.97 bits per heavy atom. The van der Waals surface area contributed by atoms with E-state index < -0.39 is 29.5 Å². The van der Waals surface area contributed by atoms with E-state index in [1.807, 2.05) is 13.8 Å². The van der Waals surface area contributed by atoms with Crippen molar-refractivity contribution in [3.05, 3.63) is 35.4 Å². The largest absolute Gasteiger partial charge is 0.493 e. The van der Waals surface area contributed by atoms with Gasteiger partial charge in [0.25, 0.3) is 0 Å². The van der Waals surface area contributed by atoms with Crippen LogP contribution in [0.4, 0.5) is 15.2 Å². The molecule has 0 saturated carbocycles. The second-order valence-electron chi connectivity index (χ2n) is 11.0. The van der Waals surface area contributed by atoms with Crippen molar-refractivity contribution < 1.29 is 33.1 Å². The Balaban J connectivity index is 1.40. The molecule has 10 nitrogen and oxygen atoms in total. The fourth-order valence-electron chi connectivity index (χ4n) is 4.22. The third-order valence-electron chi connectivity index (χ3n) is 6.30. The van der Waals surface area contributed by atoms with Gasteiger partial charge in [-0.3, -0.25) is 0 Å². The van der Waals surface area contributed by atoms with Crippen LogP contribution in [0.5, 0.6) is 5.75 Å². The van der Waals surface area contributed by atoms with Crippen LogP contribution in [-0.4, -0.2) is 58.6 Å². The zero-order valence-corrected chi connectivity index (χ0v) is 22.8. The summed E-state index contributed by atoms with van der Waals surface area (Å²) < 4.78 is 30.9. The van der Waals surface area contributed by atoms with E-state index in [4.69, 9.17) is 14.0 Å². The number of piperidine rings is 1. The van der Waals surface area contributed by atoms with Crippen molar-refractivity contribution in [3.63, 3.8) is 0 Å². The quantitative estimate of drug-likeness (QED) is 0.386. The first kappa shape index (κ1) is 29.2. The minimum absolute atomic E-state index is 0.161. The number of hydrogen-bond donors (Lipinski definition) is 2. The molecule has 0 radical (unpaired) electrons. The van der Waals surface area contributed by atoms with Gasteiger partial charge in [0.2, 0.25) is 0 Å². The van der Waals surface area contributed by atoms with Crippen LogP contribution in [0.15, 0.2) is 22.7 Å². The Labute approximate surface area is 222 Å². The molecule has 0 aliphatic carbocycles. The lowest BCUT2D eigenvalue weighted by Gasteiger charge is -2.30. The Morgan fingerprint density at radius 3 is 2.55 bits per heavy atom. The number of ether oxygens (including phenoxy) is 2. The average Bonchev–Trinajstić information content (AvgIpc) is 3.33. The van der Waals surface area contributed by atoms with Crippen LogP contribution in [0.2, 0.25) is 0 Å². The summed E-state index contributed by atoms with van der Waals surface area (Å²) in [6.45, 7) is 11.3. The van der Waals surface area contributed by atoms with Gasteiger partial charge in [0.1, 0.15) is 23.2 Å². The molecule has 1 unspecified atom stereocenters. The number of halogens is 1. The number of carboxylic acid groups (broad SMARTS) is 1. The third-order valence-corrected chi connectivity index (χ3v) is 6.30. The first-order chi connectivity index (χ1) is 17.9. The van der Waals surface area contributed by atoms with Gasteiger partial charge in [-0.15, -0.1) is 0 Å². The van der Waals surface area contributed by atoms with Crippen LogP contribution < -0.4 is 15.0 Å². The Bertz CT molecular complexity index is 1080. The summed E-state index contributed by atoms with van der Waals surface area (Å²) in [6.07, 6.45) is 2.82. The van der Waals surface area contributed by atoms with Gasteiger partial charge in [-0.25, -0.2) is 14.0 Å². The molecule has 1 saturated heterocycles. The summed E-state index contributed by atoms with van der Waals surface area (Å²) >= 11 is 0. The Kier molecular flexibility index (Phi) is 9.93. The van der Waals surface area contributed by atoms with E-state index >= 15 is 0 Å². The van der Waals surface area contributed by atoms with Gasteiger partial charge in [0.05, 0.1) is 6.61 Å². The number of amides is 1. The maximum absolute atomic E-state index is 14.7. The highest BCUT2D eigenvalue weighted by molar-refractivity contribution is 5.80. The Hall–Kier alpha value is -3.37. The number of aromatic nitrogens is 2. The van der Waals surface area contributed by atoms with Crippen LogP contribution in [0.1, 0.15) is 77.6 Å². The fourth-order valence-corrected chi connectivity index (χ4v) is 4.22. The highest BCUT2D eigenvalue weighted by Gasteiger charge is 2.26. The lowest BCUT2D eigenvalue weighted by atomic mass is 9.92. The third kappa shape index (κ3) is 8.88. The molecule has 2 heterocycles. The average molecular weight is 535 g/mol. The van der Waals surface area contributed by atoms with Crippen LogP contribution in [0.25, 0.3) is 0 Å². The summed E-state index contributed by atoms with van der Waals surface area (Å²) in [6, 6.07) is 3.61. The SMILES string of the molecule is CC(C)c1noc(N2CCC(CCCOc3ccc(CC(NC(=O)OC(C)(C)C)C(=O)O)c(F)c3)CC2)n1. The fraction of sp³-hybridized carbons (Fsp3) is 0.630. The molecule has 1 atom stereocenters. The second kappa shape index (κ2) is 12.9. The lowest BCUT2D eigenvalue weighted by Crippen LogP contribution is -2.44. The van der Waals surface area contributed by atoms with Crippen LogP contribution in [0.3, 0.4) is 0 Å². The maximum atomic E-state index is 14.7. The molecule has 3 rings (SSSR count). The van der Waals surface area contributed by atoms with Gasteiger partial charge in [0, 0.05) is 31.5 Å². The minimum atomic E-state index is -1.32. The number of nitrogens with zero attached hydrogens (tertiary/aromatic N) is 3. The summed E-state index contributed by atoms with van der Waals surface area (Å²) in [5, 5.41) is 15.8. The van der Waals surface area contributed by atoms with Crippen molar-refractivity contribution >= 4 is 18.1 Å². The monoisotopic (exact) mass is 534 g/mol. The highest BCUT2D eigenvalue weighted by Crippen LogP contribution is 2.26. The van der Waals surface area contributed by atoms with E-state index in [-0.39, 0.29) is 17.9 Å². The first-order valence-corrected chi connectivity index (χ1v) is 13.1. The number of aliphatic carboxylic acids is 1. The standard InChI is InChI=1S/C27H39FN4O6/c1-17(2)23-30-25(38-31-23)32-12-10-18(11-13-32)7-6-14-36-20-9-8-19(21(28)16-20)15-22(24(33)34)29-26(35)37-27(3,4)5/h8-9,16-18,22H,6-7,10-15H2,1-5H3,(H,29,35)(H,33,34). The van der Waals surface area contributed by atoms with Crippen molar-refractivity contribution in [1.82, 2.24) is 15.5 Å².